The highest BCUT2D eigenvalue weighted by Crippen LogP contribution is 2.39. The number of aliphatic carboxylic acids is 1. The van der Waals surface area contributed by atoms with Crippen molar-refractivity contribution in [3.05, 3.63) is 0 Å². The molecule has 4 nitrogen and oxygen atoms in total. The van der Waals surface area contributed by atoms with E-state index >= 15 is 0 Å². The molecule has 1 N–H and O–H groups in total. The van der Waals surface area contributed by atoms with E-state index in [1.165, 1.54) is 7.11 Å². The molecule has 0 heterocycles. The lowest BCUT2D eigenvalue weighted by molar-refractivity contribution is -0.159. The van der Waals surface area contributed by atoms with Gasteiger partial charge >= 0.3 is 11.9 Å². The van der Waals surface area contributed by atoms with E-state index < -0.39 is 17.4 Å². The van der Waals surface area contributed by atoms with E-state index in [-0.39, 0.29) is 6.42 Å². The van der Waals surface area contributed by atoms with Crippen LogP contribution in [0.25, 0.3) is 0 Å². The van der Waals surface area contributed by atoms with Gasteiger partial charge in [-0.2, -0.15) is 0 Å². The van der Waals surface area contributed by atoms with E-state index in [0.717, 1.165) is 19.3 Å². The van der Waals surface area contributed by atoms with Crippen molar-refractivity contribution in [3.63, 3.8) is 0 Å². The van der Waals surface area contributed by atoms with Crippen molar-refractivity contribution in [1.29, 1.82) is 0 Å². The van der Waals surface area contributed by atoms with Crippen molar-refractivity contribution in [2.24, 2.45) is 5.41 Å². The predicted molar refractivity (Wildman–Crippen MR) is 49.8 cm³/mol. The number of hydrogen-bond acceptors (Lipinski definition) is 3. The Labute approximate surface area is 83.2 Å². The van der Waals surface area contributed by atoms with Gasteiger partial charge in [0.1, 0.15) is 0 Å². The number of esters is 1. The van der Waals surface area contributed by atoms with E-state index in [9.17, 15) is 9.59 Å². The highest BCUT2D eigenvalue weighted by Gasteiger charge is 2.41. The zero-order valence-electron chi connectivity index (χ0n) is 8.41. The Bertz CT molecular complexity index is 228. The van der Waals surface area contributed by atoms with Crippen LogP contribution in [-0.2, 0) is 14.3 Å². The molecule has 1 saturated carbocycles. The Morgan fingerprint density at radius 2 is 1.86 bits per heavy atom. The third kappa shape index (κ3) is 2.25. The van der Waals surface area contributed by atoms with Crippen LogP contribution in [0, 0.1) is 5.41 Å². The van der Waals surface area contributed by atoms with E-state index in [1.807, 2.05) is 0 Å². The van der Waals surface area contributed by atoms with Crippen molar-refractivity contribution in [3.8, 4) is 0 Å². The van der Waals surface area contributed by atoms with E-state index in [2.05, 4.69) is 4.74 Å². The van der Waals surface area contributed by atoms with E-state index in [0.29, 0.717) is 12.8 Å². The second-order valence-corrected chi connectivity index (χ2v) is 3.90. The normalized spacial score (nSPS) is 20.1. The lowest BCUT2D eigenvalue weighted by atomic mass is 9.72. The highest BCUT2D eigenvalue weighted by molar-refractivity contribution is 5.82. The first-order chi connectivity index (χ1) is 6.60. The van der Waals surface area contributed by atoms with Gasteiger partial charge in [0.2, 0.25) is 0 Å². The van der Waals surface area contributed by atoms with Gasteiger partial charge in [-0.15, -0.1) is 0 Å². The molecule has 0 aromatic heterocycles. The van der Waals surface area contributed by atoms with Crippen molar-refractivity contribution in [2.75, 3.05) is 7.11 Å². The molecule has 14 heavy (non-hydrogen) atoms. The number of hydrogen-bond donors (Lipinski definition) is 1. The van der Waals surface area contributed by atoms with Crippen LogP contribution < -0.4 is 0 Å². The Hall–Kier alpha value is -1.06. The number of ether oxygens (including phenoxy) is 1. The van der Waals surface area contributed by atoms with Crippen molar-refractivity contribution < 1.29 is 19.4 Å². The summed E-state index contributed by atoms with van der Waals surface area (Å²) in [5, 5.41) is 9.13. The minimum Gasteiger partial charge on any atom is -0.481 e. The van der Waals surface area contributed by atoms with Gasteiger partial charge in [0.05, 0.1) is 18.9 Å². The van der Waals surface area contributed by atoms with Crippen LogP contribution in [0.3, 0.4) is 0 Å². The van der Waals surface area contributed by atoms with Crippen LogP contribution in [0.2, 0.25) is 0 Å². The third-order valence-electron chi connectivity index (χ3n) is 2.97. The molecule has 0 aromatic carbocycles. The molecule has 1 aliphatic rings. The van der Waals surface area contributed by atoms with Crippen molar-refractivity contribution in [2.45, 2.75) is 38.5 Å². The Morgan fingerprint density at radius 3 is 2.29 bits per heavy atom. The maximum atomic E-state index is 11.1. The minimum absolute atomic E-state index is 0.0127. The largest absolute Gasteiger partial charge is 0.481 e. The van der Waals surface area contributed by atoms with E-state index in [1.54, 1.807) is 0 Å². The zero-order valence-corrected chi connectivity index (χ0v) is 8.41. The van der Waals surface area contributed by atoms with Gasteiger partial charge < -0.3 is 9.84 Å². The quantitative estimate of drug-likeness (QED) is 0.702. The molecule has 0 unspecified atom stereocenters. The minimum atomic E-state index is -0.859. The highest BCUT2D eigenvalue weighted by atomic mass is 16.5. The molecule has 0 aliphatic heterocycles. The number of methoxy groups -OCH3 is 1. The maximum Gasteiger partial charge on any atom is 0.310 e. The first-order valence-electron chi connectivity index (χ1n) is 4.91. The van der Waals surface area contributed by atoms with Crippen LogP contribution in [0.1, 0.15) is 38.5 Å². The van der Waals surface area contributed by atoms with Crippen molar-refractivity contribution in [1.82, 2.24) is 0 Å². The summed E-state index contributed by atoms with van der Waals surface area (Å²) < 4.78 is 4.53. The number of carboxylic acids is 1. The molecule has 0 amide bonds. The molecule has 80 valence electrons. The molecular weight excluding hydrogens is 184 g/mol. The molecule has 4 heteroatoms. The van der Waals surface area contributed by atoms with Crippen LogP contribution in [0.5, 0.6) is 0 Å². The molecule has 0 spiro atoms. The molecule has 0 atom stereocenters. The second kappa shape index (κ2) is 4.44. The summed E-state index contributed by atoms with van der Waals surface area (Å²) in [7, 11) is 1.29. The summed E-state index contributed by atoms with van der Waals surface area (Å²) in [4.78, 5) is 22.2. The number of rotatable bonds is 3. The fraction of sp³-hybridized carbons (Fsp3) is 0.800. The number of carbonyl (C=O) groups is 2. The number of carbonyl (C=O) groups excluding carboxylic acids is 1. The summed E-state index contributed by atoms with van der Waals surface area (Å²) in [6.45, 7) is 0. The molecule has 1 rings (SSSR count). The average Bonchev–Trinajstić information content (AvgIpc) is 2.19. The lowest BCUT2D eigenvalue weighted by Gasteiger charge is -2.31. The fourth-order valence-corrected chi connectivity index (χ4v) is 2.04. The number of carboxylic acid groups (broad SMARTS) is 1. The molecule has 1 fully saturated rings. The second-order valence-electron chi connectivity index (χ2n) is 3.90. The molecule has 0 saturated heterocycles. The molecular formula is C10H16O4. The van der Waals surface area contributed by atoms with Gasteiger partial charge in [0.25, 0.3) is 0 Å². The van der Waals surface area contributed by atoms with Gasteiger partial charge in [0, 0.05) is 0 Å². The topological polar surface area (TPSA) is 63.6 Å². The van der Waals surface area contributed by atoms with E-state index in [4.69, 9.17) is 5.11 Å². The van der Waals surface area contributed by atoms with Gasteiger partial charge in [-0.25, -0.2) is 0 Å². The van der Waals surface area contributed by atoms with Gasteiger partial charge in [-0.05, 0) is 12.8 Å². The zero-order chi connectivity index (χ0) is 10.6. The van der Waals surface area contributed by atoms with Crippen LogP contribution in [0.15, 0.2) is 0 Å². The Morgan fingerprint density at radius 1 is 1.29 bits per heavy atom. The van der Waals surface area contributed by atoms with Crippen LogP contribution in [-0.4, -0.2) is 24.2 Å². The standard InChI is InChI=1S/C10H16O4/c1-14-8(11)7-10(9(12)13)5-3-2-4-6-10/h2-7H2,1H3,(H,12,13). The van der Waals surface area contributed by atoms with Crippen LogP contribution in [0.4, 0.5) is 0 Å². The molecule has 0 bridgehead atoms. The van der Waals surface area contributed by atoms with Crippen LogP contribution >= 0.6 is 0 Å². The van der Waals surface area contributed by atoms with Gasteiger partial charge in [-0.1, -0.05) is 19.3 Å². The smallest absolute Gasteiger partial charge is 0.310 e. The van der Waals surface area contributed by atoms with Crippen molar-refractivity contribution >= 4 is 11.9 Å². The summed E-state index contributed by atoms with van der Waals surface area (Å²) in [5.41, 5.74) is -0.856. The van der Waals surface area contributed by atoms with Gasteiger partial charge in [-0.3, -0.25) is 9.59 Å². The average molecular weight is 200 g/mol. The Balaban J connectivity index is 2.70. The first-order valence-corrected chi connectivity index (χ1v) is 4.91. The maximum absolute atomic E-state index is 11.1. The lowest BCUT2D eigenvalue weighted by Crippen LogP contribution is -2.35. The monoisotopic (exact) mass is 200 g/mol. The predicted octanol–water partition coefficient (Wildman–Crippen LogP) is 1.58. The summed E-state index contributed by atoms with van der Waals surface area (Å²) >= 11 is 0. The molecule has 0 aromatic rings. The third-order valence-corrected chi connectivity index (χ3v) is 2.97. The summed E-state index contributed by atoms with van der Waals surface area (Å²) in [6.07, 6.45) is 4.05. The summed E-state index contributed by atoms with van der Waals surface area (Å²) in [5.74, 6) is -1.28. The first kappa shape index (κ1) is 11.0. The SMILES string of the molecule is COC(=O)CC1(C(=O)O)CCCCC1. The Kier molecular flexibility index (Phi) is 3.49. The molecule has 0 radical (unpaired) electrons. The molecule has 1 aliphatic carbocycles. The van der Waals surface area contributed by atoms with Gasteiger partial charge in [0.15, 0.2) is 0 Å². The summed E-state index contributed by atoms with van der Waals surface area (Å²) in [6, 6.07) is 0. The fourth-order valence-electron chi connectivity index (χ4n) is 2.04.